The van der Waals surface area contributed by atoms with Crippen LogP contribution in [0, 0.1) is 5.41 Å². The highest BCUT2D eigenvalue weighted by molar-refractivity contribution is 5.50. The van der Waals surface area contributed by atoms with Crippen LogP contribution in [0.15, 0.2) is 24.3 Å². The summed E-state index contributed by atoms with van der Waals surface area (Å²) < 4.78 is 0. The highest BCUT2D eigenvalue weighted by atomic mass is 16.3. The summed E-state index contributed by atoms with van der Waals surface area (Å²) in [5.41, 5.74) is 11.9. The van der Waals surface area contributed by atoms with Gasteiger partial charge in [-0.25, -0.2) is 0 Å². The minimum Gasteiger partial charge on any atom is -0.399 e. The van der Waals surface area contributed by atoms with Gasteiger partial charge in [0.15, 0.2) is 0 Å². The lowest BCUT2D eigenvalue weighted by Gasteiger charge is -2.16. The van der Waals surface area contributed by atoms with Crippen molar-refractivity contribution < 1.29 is 10.2 Å². The van der Waals surface area contributed by atoms with E-state index in [4.69, 9.17) is 21.7 Å². The van der Waals surface area contributed by atoms with Crippen LogP contribution < -0.4 is 11.5 Å². The second kappa shape index (κ2) is 6.27. The Morgan fingerprint density at radius 3 is 1.60 bits per heavy atom. The Balaban J connectivity index is 0.000000265. The number of nitrogen functional groups attached to an aromatic ring is 2. The summed E-state index contributed by atoms with van der Waals surface area (Å²) in [7, 11) is 0. The largest absolute Gasteiger partial charge is 0.399 e. The van der Waals surface area contributed by atoms with Crippen molar-refractivity contribution in [3.63, 3.8) is 0 Å². The van der Waals surface area contributed by atoms with Crippen molar-refractivity contribution in [3.8, 4) is 0 Å². The topological polar surface area (TPSA) is 92.5 Å². The fourth-order valence-corrected chi connectivity index (χ4v) is 0.609. The highest BCUT2D eigenvalue weighted by Gasteiger charge is 2.13. The second-order valence-corrected chi connectivity index (χ2v) is 4.15. The summed E-state index contributed by atoms with van der Waals surface area (Å²) in [5.74, 6) is 0. The molecule has 6 N–H and O–H groups in total. The van der Waals surface area contributed by atoms with Crippen molar-refractivity contribution in [2.45, 2.75) is 13.8 Å². The smallest absolute Gasteiger partial charge is 0.0504 e. The third kappa shape index (κ3) is 6.76. The van der Waals surface area contributed by atoms with Crippen molar-refractivity contribution in [2.24, 2.45) is 5.41 Å². The van der Waals surface area contributed by atoms with Crippen LogP contribution in [0.25, 0.3) is 0 Å². The summed E-state index contributed by atoms with van der Waals surface area (Å²) in [6, 6.07) is 7.15. The summed E-state index contributed by atoms with van der Waals surface area (Å²) in [4.78, 5) is 0. The quantitative estimate of drug-likeness (QED) is 0.547. The number of anilines is 2. The summed E-state index contributed by atoms with van der Waals surface area (Å²) in [5, 5.41) is 16.9. The zero-order valence-electron chi connectivity index (χ0n) is 9.27. The molecule has 0 heterocycles. The summed E-state index contributed by atoms with van der Waals surface area (Å²) in [6.45, 7) is 3.69. The number of benzene rings is 1. The molecule has 0 aliphatic rings. The van der Waals surface area contributed by atoms with E-state index in [0.29, 0.717) is 11.4 Å². The van der Waals surface area contributed by atoms with E-state index in [2.05, 4.69) is 0 Å². The number of rotatable bonds is 2. The molecule has 1 aromatic rings. The first-order chi connectivity index (χ1) is 6.91. The molecule has 4 heteroatoms. The molecule has 0 aliphatic carbocycles. The maximum Gasteiger partial charge on any atom is 0.0504 e. The van der Waals surface area contributed by atoms with Gasteiger partial charge in [-0.1, -0.05) is 19.9 Å². The maximum atomic E-state index is 8.43. The average Bonchev–Trinajstić information content (AvgIpc) is 2.18. The molecular weight excluding hydrogens is 192 g/mol. The van der Waals surface area contributed by atoms with Gasteiger partial charge in [-0.05, 0) is 18.2 Å². The van der Waals surface area contributed by atoms with Crippen LogP contribution in [-0.4, -0.2) is 23.4 Å². The zero-order valence-corrected chi connectivity index (χ0v) is 9.27. The van der Waals surface area contributed by atoms with Crippen LogP contribution in [0.3, 0.4) is 0 Å². The Hall–Kier alpha value is -1.26. The van der Waals surface area contributed by atoms with Crippen LogP contribution in [0.2, 0.25) is 0 Å². The average molecular weight is 212 g/mol. The first-order valence-electron chi connectivity index (χ1n) is 4.74. The van der Waals surface area contributed by atoms with Gasteiger partial charge in [0.25, 0.3) is 0 Å². The molecule has 4 nitrogen and oxygen atoms in total. The van der Waals surface area contributed by atoms with Crippen LogP contribution in [0.5, 0.6) is 0 Å². The molecule has 0 atom stereocenters. The van der Waals surface area contributed by atoms with Gasteiger partial charge in [0.1, 0.15) is 0 Å². The first kappa shape index (κ1) is 13.7. The fourth-order valence-electron chi connectivity index (χ4n) is 0.609. The molecule has 0 bridgehead atoms. The molecule has 1 rings (SSSR count). The van der Waals surface area contributed by atoms with Crippen molar-refractivity contribution in [3.05, 3.63) is 24.3 Å². The molecule has 0 aromatic heterocycles. The van der Waals surface area contributed by atoms with Crippen molar-refractivity contribution in [1.82, 2.24) is 0 Å². The minimum absolute atomic E-state index is 0.0451. The zero-order chi connectivity index (χ0) is 11.9. The van der Waals surface area contributed by atoms with Crippen LogP contribution >= 0.6 is 0 Å². The van der Waals surface area contributed by atoms with Crippen molar-refractivity contribution >= 4 is 11.4 Å². The summed E-state index contributed by atoms with van der Waals surface area (Å²) in [6.07, 6.45) is 0. The third-order valence-electron chi connectivity index (χ3n) is 1.77. The van der Waals surface area contributed by atoms with E-state index >= 15 is 0 Å². The number of hydrogen-bond acceptors (Lipinski definition) is 4. The second-order valence-electron chi connectivity index (χ2n) is 4.15. The Bertz CT molecular complexity index is 264. The lowest BCUT2D eigenvalue weighted by atomic mass is 9.97. The molecule has 0 amide bonds. The van der Waals surface area contributed by atoms with Gasteiger partial charge in [0.05, 0.1) is 13.2 Å². The fraction of sp³-hybridized carbons (Fsp3) is 0.455. The van der Waals surface area contributed by atoms with Gasteiger partial charge in [-0.15, -0.1) is 0 Å². The normalized spacial score (nSPS) is 10.4. The van der Waals surface area contributed by atoms with E-state index in [-0.39, 0.29) is 18.6 Å². The molecule has 0 radical (unpaired) electrons. The Kier molecular flexibility index (Phi) is 5.74. The number of aliphatic hydroxyl groups is 2. The standard InChI is InChI=1S/C6H8N2.C5H12O2/c7-5-2-1-3-6(8)4-5;1-5(2,3-6)4-7/h1-4H,7-8H2;6-7H,3-4H2,1-2H3. The number of nitrogens with two attached hydrogens (primary N) is 2. The molecule has 0 unspecified atom stereocenters. The Morgan fingerprint density at radius 1 is 1.07 bits per heavy atom. The molecular formula is C11H20N2O2. The van der Waals surface area contributed by atoms with Gasteiger partial charge in [-0.2, -0.15) is 0 Å². The van der Waals surface area contributed by atoms with Crippen LogP contribution in [0.4, 0.5) is 11.4 Å². The van der Waals surface area contributed by atoms with Crippen LogP contribution in [-0.2, 0) is 0 Å². The molecule has 0 fully saturated rings. The first-order valence-corrected chi connectivity index (χ1v) is 4.74. The third-order valence-corrected chi connectivity index (χ3v) is 1.77. The predicted octanol–water partition coefficient (Wildman–Crippen LogP) is 0.848. The van der Waals surface area contributed by atoms with Crippen LogP contribution in [0.1, 0.15) is 13.8 Å². The SMILES string of the molecule is CC(C)(CO)CO.Nc1cccc(N)c1. The molecule has 1 aromatic carbocycles. The Morgan fingerprint density at radius 2 is 1.47 bits per heavy atom. The van der Waals surface area contributed by atoms with E-state index in [0.717, 1.165) is 0 Å². The molecule has 0 aliphatic heterocycles. The van der Waals surface area contributed by atoms with E-state index in [9.17, 15) is 0 Å². The summed E-state index contributed by atoms with van der Waals surface area (Å²) >= 11 is 0. The van der Waals surface area contributed by atoms with Gasteiger partial charge in [0, 0.05) is 16.8 Å². The van der Waals surface area contributed by atoms with Crippen molar-refractivity contribution in [1.29, 1.82) is 0 Å². The number of aliphatic hydroxyl groups excluding tert-OH is 2. The highest BCUT2D eigenvalue weighted by Crippen LogP contribution is 2.10. The van der Waals surface area contributed by atoms with Gasteiger partial charge in [0.2, 0.25) is 0 Å². The lowest BCUT2D eigenvalue weighted by molar-refractivity contribution is 0.0857. The molecule has 0 saturated heterocycles. The molecule has 86 valence electrons. The molecule has 0 saturated carbocycles. The number of hydrogen-bond donors (Lipinski definition) is 4. The van der Waals surface area contributed by atoms with Gasteiger partial charge < -0.3 is 21.7 Å². The minimum atomic E-state index is -0.306. The predicted molar refractivity (Wildman–Crippen MR) is 63.2 cm³/mol. The molecule has 0 spiro atoms. The van der Waals surface area contributed by atoms with E-state index in [1.807, 2.05) is 6.07 Å². The molecule has 15 heavy (non-hydrogen) atoms. The maximum absolute atomic E-state index is 8.43. The van der Waals surface area contributed by atoms with Gasteiger partial charge in [-0.3, -0.25) is 0 Å². The van der Waals surface area contributed by atoms with Crippen molar-refractivity contribution in [2.75, 3.05) is 24.7 Å². The van der Waals surface area contributed by atoms with E-state index in [1.165, 1.54) is 0 Å². The van der Waals surface area contributed by atoms with E-state index < -0.39 is 0 Å². The lowest BCUT2D eigenvalue weighted by Crippen LogP contribution is -2.20. The van der Waals surface area contributed by atoms with E-state index in [1.54, 1.807) is 32.0 Å². The Labute approximate surface area is 90.5 Å². The monoisotopic (exact) mass is 212 g/mol. The van der Waals surface area contributed by atoms with Gasteiger partial charge >= 0.3 is 0 Å².